The first-order valence-electron chi connectivity index (χ1n) is 3.65. The van der Waals surface area contributed by atoms with Crippen molar-refractivity contribution in [2.75, 3.05) is 7.11 Å². The Hall–Kier alpha value is -1.12. The van der Waals surface area contributed by atoms with Crippen LogP contribution in [0.25, 0.3) is 0 Å². The number of nitrogens with zero attached hydrogens (tertiary/aromatic N) is 2. The van der Waals surface area contributed by atoms with Crippen molar-refractivity contribution in [3.8, 4) is 5.88 Å². The fraction of sp³-hybridized carbons (Fsp3) is 0.500. The van der Waals surface area contributed by atoms with Crippen molar-refractivity contribution in [2.24, 2.45) is 0 Å². The van der Waals surface area contributed by atoms with Crippen molar-refractivity contribution < 1.29 is 4.74 Å². The monoisotopic (exact) mass is 154 g/mol. The van der Waals surface area contributed by atoms with Gasteiger partial charge >= 0.3 is 0 Å². The summed E-state index contributed by atoms with van der Waals surface area (Å²) in [5, 5.41) is 0. The molecule has 3 nitrogen and oxygen atoms in total. The lowest BCUT2D eigenvalue weighted by atomic mass is 10.4. The van der Waals surface area contributed by atoms with Gasteiger partial charge in [-0.1, -0.05) is 13.8 Å². The molecule has 0 saturated carbocycles. The molecule has 1 heterocycles. The summed E-state index contributed by atoms with van der Waals surface area (Å²) in [6, 6.07) is 0. The molecule has 0 aliphatic carbocycles. The van der Waals surface area contributed by atoms with Crippen LogP contribution in [0.2, 0.25) is 0 Å². The lowest BCUT2D eigenvalue weighted by Crippen LogP contribution is -1.90. The molecule has 1 aromatic heterocycles. The molecule has 0 atom stereocenters. The molecule has 0 aliphatic rings. The third-order valence-corrected chi connectivity index (χ3v) is 1.04. The van der Waals surface area contributed by atoms with E-state index in [2.05, 4.69) is 9.97 Å². The van der Waals surface area contributed by atoms with Gasteiger partial charge in [-0.2, -0.15) is 0 Å². The van der Waals surface area contributed by atoms with Gasteiger partial charge in [-0.15, -0.1) is 0 Å². The van der Waals surface area contributed by atoms with Gasteiger partial charge in [-0.3, -0.25) is 0 Å². The normalized spacial score (nSPS) is 8.00. The van der Waals surface area contributed by atoms with Crippen LogP contribution in [0.4, 0.5) is 0 Å². The number of hydrogen-bond donors (Lipinski definition) is 0. The van der Waals surface area contributed by atoms with E-state index in [1.165, 1.54) is 6.33 Å². The van der Waals surface area contributed by atoms with Gasteiger partial charge in [0.2, 0.25) is 5.88 Å². The summed E-state index contributed by atoms with van der Waals surface area (Å²) in [7, 11) is 1.59. The summed E-state index contributed by atoms with van der Waals surface area (Å²) in [5.41, 5.74) is 0.958. The summed E-state index contributed by atoms with van der Waals surface area (Å²) in [6.07, 6.45) is 3.18. The summed E-state index contributed by atoms with van der Waals surface area (Å²) in [4.78, 5) is 7.67. The maximum atomic E-state index is 4.89. The van der Waals surface area contributed by atoms with Crippen LogP contribution in [-0.2, 0) is 0 Å². The van der Waals surface area contributed by atoms with E-state index in [9.17, 15) is 0 Å². The van der Waals surface area contributed by atoms with Crippen molar-refractivity contribution >= 4 is 0 Å². The molecular formula is C8H14N2O. The lowest BCUT2D eigenvalue weighted by molar-refractivity contribution is 0.393. The second-order valence-electron chi connectivity index (χ2n) is 1.72. The fourth-order valence-electron chi connectivity index (χ4n) is 0.602. The molecule has 3 heteroatoms. The maximum Gasteiger partial charge on any atom is 0.219 e. The predicted molar refractivity (Wildman–Crippen MR) is 44.7 cm³/mol. The highest BCUT2D eigenvalue weighted by Crippen LogP contribution is 2.08. The van der Waals surface area contributed by atoms with Crippen LogP contribution < -0.4 is 4.74 Å². The third-order valence-electron chi connectivity index (χ3n) is 1.04. The zero-order chi connectivity index (χ0) is 8.69. The summed E-state index contributed by atoms with van der Waals surface area (Å²) in [5.74, 6) is 0.644. The zero-order valence-electron chi connectivity index (χ0n) is 7.46. The van der Waals surface area contributed by atoms with Gasteiger partial charge < -0.3 is 4.74 Å². The molecule has 0 aliphatic heterocycles. The summed E-state index contributed by atoms with van der Waals surface area (Å²) in [6.45, 7) is 5.90. The van der Waals surface area contributed by atoms with Crippen LogP contribution in [0.3, 0.4) is 0 Å². The summed E-state index contributed by atoms with van der Waals surface area (Å²) < 4.78 is 4.89. The van der Waals surface area contributed by atoms with Crippen LogP contribution in [-0.4, -0.2) is 17.1 Å². The van der Waals surface area contributed by atoms with E-state index in [-0.39, 0.29) is 0 Å². The number of methoxy groups -OCH3 is 1. The quantitative estimate of drug-likeness (QED) is 0.619. The molecule has 0 N–H and O–H groups in total. The Balaban J connectivity index is 0.000000461. The molecule has 0 spiro atoms. The second kappa shape index (κ2) is 5.65. The maximum absolute atomic E-state index is 4.89. The molecule has 1 aromatic rings. The number of rotatable bonds is 1. The first-order chi connectivity index (χ1) is 5.34. The Labute approximate surface area is 67.4 Å². The lowest BCUT2D eigenvalue weighted by Gasteiger charge is -1.98. The first-order valence-corrected chi connectivity index (χ1v) is 3.65. The highest BCUT2D eigenvalue weighted by atomic mass is 16.5. The van der Waals surface area contributed by atoms with Crippen LogP contribution >= 0.6 is 0 Å². The van der Waals surface area contributed by atoms with Crippen molar-refractivity contribution in [3.05, 3.63) is 18.1 Å². The standard InChI is InChI=1S/C6H8N2O.C2H6/c1-5-3-7-4-8-6(5)9-2;1-2/h3-4H,1-2H3;1-2H3. The Morgan fingerprint density at radius 3 is 2.36 bits per heavy atom. The van der Waals surface area contributed by atoms with Gasteiger partial charge in [0.25, 0.3) is 0 Å². The van der Waals surface area contributed by atoms with Crippen molar-refractivity contribution in [1.82, 2.24) is 9.97 Å². The van der Waals surface area contributed by atoms with E-state index in [1.54, 1.807) is 13.3 Å². The molecule has 0 saturated heterocycles. The Morgan fingerprint density at radius 2 is 2.00 bits per heavy atom. The first kappa shape index (κ1) is 9.88. The number of aromatic nitrogens is 2. The zero-order valence-corrected chi connectivity index (χ0v) is 7.46. The molecule has 0 radical (unpaired) electrons. The van der Waals surface area contributed by atoms with Gasteiger partial charge in [0, 0.05) is 11.8 Å². The van der Waals surface area contributed by atoms with Crippen LogP contribution in [0, 0.1) is 6.92 Å². The van der Waals surface area contributed by atoms with Gasteiger partial charge in [-0.25, -0.2) is 9.97 Å². The van der Waals surface area contributed by atoms with Crippen LogP contribution in [0.15, 0.2) is 12.5 Å². The highest BCUT2D eigenvalue weighted by Gasteiger charge is 1.94. The van der Waals surface area contributed by atoms with Crippen LogP contribution in [0.1, 0.15) is 19.4 Å². The molecular weight excluding hydrogens is 140 g/mol. The van der Waals surface area contributed by atoms with E-state index < -0.39 is 0 Å². The van der Waals surface area contributed by atoms with Crippen LogP contribution in [0.5, 0.6) is 5.88 Å². The van der Waals surface area contributed by atoms with E-state index >= 15 is 0 Å². The fourth-order valence-corrected chi connectivity index (χ4v) is 0.602. The third kappa shape index (κ3) is 2.98. The highest BCUT2D eigenvalue weighted by molar-refractivity contribution is 5.19. The van der Waals surface area contributed by atoms with Crippen molar-refractivity contribution in [3.63, 3.8) is 0 Å². The summed E-state index contributed by atoms with van der Waals surface area (Å²) >= 11 is 0. The number of hydrogen-bond acceptors (Lipinski definition) is 3. The van der Waals surface area contributed by atoms with E-state index in [0.29, 0.717) is 5.88 Å². The van der Waals surface area contributed by atoms with Gasteiger partial charge in [-0.05, 0) is 6.92 Å². The largest absolute Gasteiger partial charge is 0.481 e. The number of aryl methyl sites for hydroxylation is 1. The van der Waals surface area contributed by atoms with E-state index in [4.69, 9.17) is 4.74 Å². The van der Waals surface area contributed by atoms with Gasteiger partial charge in [0.15, 0.2) is 0 Å². The Morgan fingerprint density at radius 1 is 1.36 bits per heavy atom. The van der Waals surface area contributed by atoms with Gasteiger partial charge in [0.1, 0.15) is 6.33 Å². The molecule has 11 heavy (non-hydrogen) atoms. The minimum Gasteiger partial charge on any atom is -0.481 e. The molecule has 62 valence electrons. The van der Waals surface area contributed by atoms with Crippen molar-refractivity contribution in [1.29, 1.82) is 0 Å². The van der Waals surface area contributed by atoms with Gasteiger partial charge in [0.05, 0.1) is 7.11 Å². The smallest absolute Gasteiger partial charge is 0.219 e. The average Bonchev–Trinajstić information content (AvgIpc) is 2.09. The second-order valence-corrected chi connectivity index (χ2v) is 1.72. The van der Waals surface area contributed by atoms with Crippen molar-refractivity contribution in [2.45, 2.75) is 20.8 Å². The minimum absolute atomic E-state index is 0.644. The van der Waals surface area contributed by atoms with E-state index in [1.807, 2.05) is 20.8 Å². The molecule has 0 amide bonds. The average molecular weight is 154 g/mol. The SMILES string of the molecule is CC.COc1ncncc1C. The molecule has 0 aromatic carbocycles. The Kier molecular flexibility index (Phi) is 5.07. The topological polar surface area (TPSA) is 35.0 Å². The molecule has 0 fully saturated rings. The van der Waals surface area contributed by atoms with E-state index in [0.717, 1.165) is 5.56 Å². The predicted octanol–water partition coefficient (Wildman–Crippen LogP) is 1.82. The molecule has 0 bridgehead atoms. The Bertz CT molecular complexity index is 201. The molecule has 0 unspecified atom stereocenters. The minimum atomic E-state index is 0.644. The molecule has 1 rings (SSSR count). The number of ether oxygens (including phenoxy) is 1.